The van der Waals surface area contributed by atoms with Crippen molar-refractivity contribution in [2.24, 2.45) is 0 Å². The molecule has 0 aromatic carbocycles. The zero-order valence-electron chi connectivity index (χ0n) is 9.70. The monoisotopic (exact) mass is 236 g/mol. The van der Waals surface area contributed by atoms with E-state index >= 15 is 0 Å². The van der Waals surface area contributed by atoms with E-state index in [1.54, 1.807) is 20.8 Å². The van der Waals surface area contributed by atoms with Gasteiger partial charge in [0.25, 0.3) is 0 Å². The van der Waals surface area contributed by atoms with Gasteiger partial charge in [-0.15, -0.1) is 0 Å². The summed E-state index contributed by atoms with van der Waals surface area (Å²) in [5, 5.41) is 37.6. The maximum absolute atomic E-state index is 9.64. The van der Waals surface area contributed by atoms with Gasteiger partial charge in [0.1, 0.15) is 24.4 Å². The van der Waals surface area contributed by atoms with E-state index in [0.717, 1.165) is 0 Å². The molecule has 4 N–H and O–H groups in total. The average Bonchev–Trinajstić information content (AvgIpc) is 2.17. The van der Waals surface area contributed by atoms with E-state index < -0.39 is 42.9 Å². The van der Waals surface area contributed by atoms with Crippen LogP contribution in [0.3, 0.4) is 0 Å². The SMILES string of the molecule is CC(C)(C)O[C@@H]1OC(CO)[C@H](O)[C@H](O)C1O. The van der Waals surface area contributed by atoms with Gasteiger partial charge in [0, 0.05) is 0 Å². The molecule has 6 heteroatoms. The number of aliphatic hydroxyl groups is 4. The molecular formula is C10H20O6. The lowest BCUT2D eigenvalue weighted by atomic mass is 9.99. The van der Waals surface area contributed by atoms with Gasteiger partial charge in [0.2, 0.25) is 0 Å². The lowest BCUT2D eigenvalue weighted by Gasteiger charge is -2.41. The van der Waals surface area contributed by atoms with Gasteiger partial charge < -0.3 is 29.9 Å². The van der Waals surface area contributed by atoms with Crippen molar-refractivity contribution < 1.29 is 29.9 Å². The van der Waals surface area contributed by atoms with Crippen molar-refractivity contribution in [3.8, 4) is 0 Å². The van der Waals surface area contributed by atoms with E-state index in [1.807, 2.05) is 0 Å². The Kier molecular flexibility index (Phi) is 4.28. The van der Waals surface area contributed by atoms with Gasteiger partial charge in [-0.05, 0) is 20.8 Å². The van der Waals surface area contributed by atoms with Crippen LogP contribution in [-0.2, 0) is 9.47 Å². The van der Waals surface area contributed by atoms with Crippen LogP contribution in [0.4, 0.5) is 0 Å². The molecule has 1 fully saturated rings. The molecule has 0 aromatic rings. The second-order valence-corrected chi connectivity index (χ2v) is 4.93. The summed E-state index contributed by atoms with van der Waals surface area (Å²) in [5.74, 6) is 0. The van der Waals surface area contributed by atoms with E-state index in [0.29, 0.717) is 0 Å². The van der Waals surface area contributed by atoms with Gasteiger partial charge in [-0.3, -0.25) is 0 Å². The van der Waals surface area contributed by atoms with Gasteiger partial charge >= 0.3 is 0 Å². The van der Waals surface area contributed by atoms with Crippen LogP contribution < -0.4 is 0 Å². The molecule has 1 aliphatic rings. The van der Waals surface area contributed by atoms with Crippen LogP contribution in [0.1, 0.15) is 20.8 Å². The Balaban J connectivity index is 2.71. The first-order valence-electron chi connectivity index (χ1n) is 5.24. The molecule has 0 amide bonds. The molecule has 0 spiro atoms. The highest BCUT2D eigenvalue weighted by Gasteiger charge is 2.45. The maximum atomic E-state index is 9.64. The van der Waals surface area contributed by atoms with Crippen LogP contribution in [0.15, 0.2) is 0 Å². The molecule has 0 aliphatic carbocycles. The Morgan fingerprint density at radius 3 is 2.06 bits per heavy atom. The summed E-state index contributed by atoms with van der Waals surface area (Å²) in [7, 11) is 0. The molecule has 0 bridgehead atoms. The zero-order valence-corrected chi connectivity index (χ0v) is 9.70. The molecule has 1 aliphatic heterocycles. The minimum atomic E-state index is -1.39. The predicted octanol–water partition coefficient (Wildman–Crippen LogP) is -1.40. The van der Waals surface area contributed by atoms with Crippen molar-refractivity contribution in [2.45, 2.75) is 57.1 Å². The molecule has 1 rings (SSSR count). The van der Waals surface area contributed by atoms with Gasteiger partial charge in [0.15, 0.2) is 6.29 Å². The van der Waals surface area contributed by atoms with Crippen molar-refractivity contribution >= 4 is 0 Å². The predicted molar refractivity (Wildman–Crippen MR) is 54.6 cm³/mol. The van der Waals surface area contributed by atoms with Crippen LogP contribution in [0, 0.1) is 0 Å². The Morgan fingerprint density at radius 2 is 1.62 bits per heavy atom. The summed E-state index contributed by atoms with van der Waals surface area (Å²) in [4.78, 5) is 0. The molecule has 0 saturated carbocycles. The molecular weight excluding hydrogens is 216 g/mol. The van der Waals surface area contributed by atoms with E-state index in [-0.39, 0.29) is 0 Å². The number of rotatable bonds is 2. The molecule has 1 saturated heterocycles. The summed E-state index contributed by atoms with van der Waals surface area (Å²) >= 11 is 0. The van der Waals surface area contributed by atoms with Crippen LogP contribution >= 0.6 is 0 Å². The third kappa shape index (κ3) is 3.13. The van der Waals surface area contributed by atoms with Gasteiger partial charge in [-0.2, -0.15) is 0 Å². The molecule has 0 aromatic heterocycles. The summed E-state index contributed by atoms with van der Waals surface area (Å²) < 4.78 is 10.6. The van der Waals surface area contributed by atoms with Crippen molar-refractivity contribution in [1.82, 2.24) is 0 Å². The lowest BCUT2D eigenvalue weighted by molar-refractivity contribution is -0.320. The Morgan fingerprint density at radius 1 is 1.06 bits per heavy atom. The highest BCUT2D eigenvalue weighted by Crippen LogP contribution is 2.25. The highest BCUT2D eigenvalue weighted by molar-refractivity contribution is 4.89. The minimum Gasteiger partial charge on any atom is -0.394 e. The highest BCUT2D eigenvalue weighted by atomic mass is 16.7. The fourth-order valence-electron chi connectivity index (χ4n) is 1.51. The Bertz CT molecular complexity index is 224. The lowest BCUT2D eigenvalue weighted by Crippen LogP contribution is -2.60. The molecule has 96 valence electrons. The smallest absolute Gasteiger partial charge is 0.187 e. The third-order valence-corrected chi connectivity index (χ3v) is 2.32. The molecule has 16 heavy (non-hydrogen) atoms. The second-order valence-electron chi connectivity index (χ2n) is 4.93. The number of hydrogen-bond acceptors (Lipinski definition) is 6. The summed E-state index contributed by atoms with van der Waals surface area (Å²) in [6.45, 7) is 4.87. The van der Waals surface area contributed by atoms with Crippen molar-refractivity contribution in [2.75, 3.05) is 6.61 Å². The second kappa shape index (κ2) is 4.95. The molecule has 0 radical (unpaired) electrons. The largest absolute Gasteiger partial charge is 0.394 e. The van der Waals surface area contributed by atoms with Crippen LogP contribution in [-0.4, -0.2) is 63.3 Å². The molecule has 6 nitrogen and oxygen atoms in total. The van der Waals surface area contributed by atoms with Crippen molar-refractivity contribution in [3.63, 3.8) is 0 Å². The molecule has 2 unspecified atom stereocenters. The van der Waals surface area contributed by atoms with E-state index in [9.17, 15) is 15.3 Å². The van der Waals surface area contributed by atoms with E-state index in [2.05, 4.69) is 0 Å². The topological polar surface area (TPSA) is 99.4 Å². The summed E-state index contributed by atoms with van der Waals surface area (Å²) in [6.07, 6.45) is -6.06. The maximum Gasteiger partial charge on any atom is 0.187 e. The van der Waals surface area contributed by atoms with Gasteiger partial charge in [-0.25, -0.2) is 0 Å². The van der Waals surface area contributed by atoms with E-state index in [4.69, 9.17) is 14.6 Å². The molecule has 5 atom stereocenters. The number of ether oxygens (including phenoxy) is 2. The Labute approximate surface area is 94.4 Å². The normalized spacial score (nSPS) is 41.1. The van der Waals surface area contributed by atoms with Gasteiger partial charge in [0.05, 0.1) is 12.2 Å². The fourth-order valence-corrected chi connectivity index (χ4v) is 1.51. The van der Waals surface area contributed by atoms with E-state index in [1.165, 1.54) is 0 Å². The number of hydrogen-bond donors (Lipinski definition) is 4. The first-order chi connectivity index (χ1) is 7.26. The third-order valence-electron chi connectivity index (χ3n) is 2.32. The quantitative estimate of drug-likeness (QED) is 0.471. The van der Waals surface area contributed by atoms with Crippen LogP contribution in [0.5, 0.6) is 0 Å². The molecule has 1 heterocycles. The van der Waals surface area contributed by atoms with Crippen molar-refractivity contribution in [3.05, 3.63) is 0 Å². The first-order valence-corrected chi connectivity index (χ1v) is 5.24. The first kappa shape index (κ1) is 13.8. The zero-order chi connectivity index (χ0) is 12.5. The minimum absolute atomic E-state index is 0.449. The van der Waals surface area contributed by atoms with Gasteiger partial charge in [-0.1, -0.05) is 0 Å². The average molecular weight is 236 g/mol. The number of aliphatic hydroxyl groups excluding tert-OH is 4. The Hall–Kier alpha value is -0.240. The van der Waals surface area contributed by atoms with Crippen LogP contribution in [0.25, 0.3) is 0 Å². The fraction of sp³-hybridized carbons (Fsp3) is 1.00. The summed E-state index contributed by atoms with van der Waals surface area (Å²) in [5.41, 5.74) is -0.562. The van der Waals surface area contributed by atoms with Crippen molar-refractivity contribution in [1.29, 1.82) is 0 Å². The standard InChI is InChI=1S/C10H20O6/c1-10(2,3)16-9-8(14)7(13)6(12)5(4-11)15-9/h5-9,11-14H,4H2,1-3H3/t5?,6-,7-,8?,9-/m0/s1. The summed E-state index contributed by atoms with van der Waals surface area (Å²) in [6, 6.07) is 0. The van der Waals surface area contributed by atoms with Crippen LogP contribution in [0.2, 0.25) is 0 Å².